The molecule has 1 heterocycles. The van der Waals surface area contributed by atoms with E-state index in [0.717, 1.165) is 16.8 Å². The molecule has 0 atom stereocenters. The quantitative estimate of drug-likeness (QED) is 0.380. The molecular weight excluding hydrogens is 344 g/mol. The van der Waals surface area contributed by atoms with Crippen molar-refractivity contribution in [3.63, 3.8) is 0 Å². The van der Waals surface area contributed by atoms with Gasteiger partial charge in [-0.15, -0.1) is 5.11 Å². The van der Waals surface area contributed by atoms with E-state index in [1.165, 1.54) is 0 Å². The third-order valence-electron chi connectivity index (χ3n) is 4.25. The highest BCUT2D eigenvalue weighted by Crippen LogP contribution is 2.34. The molecule has 3 aromatic carbocycles. The second-order valence-electron chi connectivity index (χ2n) is 6.13. The Hall–Kier alpha value is -4.10. The lowest BCUT2D eigenvalue weighted by atomic mass is 10.0. The van der Waals surface area contributed by atoms with Crippen LogP contribution in [0.2, 0.25) is 0 Å². The molecule has 0 fully saturated rings. The van der Waals surface area contributed by atoms with Gasteiger partial charge in [0.05, 0.1) is 22.6 Å². The highest BCUT2D eigenvalue weighted by Gasteiger charge is 2.15. The first-order chi connectivity index (χ1) is 13.8. The largest absolute Gasteiger partial charge is 0.244 e. The minimum absolute atomic E-state index is 0.466. The van der Waals surface area contributed by atoms with E-state index in [1.54, 1.807) is 6.07 Å². The van der Waals surface area contributed by atoms with Crippen molar-refractivity contribution in [2.45, 2.75) is 0 Å². The zero-order chi connectivity index (χ0) is 19.2. The van der Waals surface area contributed by atoms with Gasteiger partial charge in [-0.05, 0) is 18.2 Å². The normalized spacial score (nSPS) is 10.7. The summed E-state index contributed by atoms with van der Waals surface area (Å²) in [5.41, 5.74) is 4.92. The number of rotatable bonds is 4. The molecule has 0 aliphatic carbocycles. The van der Waals surface area contributed by atoms with Crippen molar-refractivity contribution in [3.05, 3.63) is 103 Å². The van der Waals surface area contributed by atoms with E-state index in [2.05, 4.69) is 16.3 Å². The van der Waals surface area contributed by atoms with Crippen LogP contribution in [0, 0.1) is 11.3 Å². The predicted octanol–water partition coefficient (Wildman–Crippen LogP) is 6.70. The van der Waals surface area contributed by atoms with Gasteiger partial charge in [0.25, 0.3) is 0 Å². The molecule has 0 bridgehead atoms. The standard InChI is InChI=1S/C24H16N4/c25-17-20-16-22(28-27-21-14-8-3-9-15-21)24(19-12-6-2-7-13-19)26-23(20)18-10-4-1-5-11-18/h1-16H. The van der Waals surface area contributed by atoms with Gasteiger partial charge in [-0.1, -0.05) is 78.9 Å². The summed E-state index contributed by atoms with van der Waals surface area (Å²) in [6.45, 7) is 0. The Bertz CT molecular complexity index is 1150. The van der Waals surface area contributed by atoms with Crippen molar-refractivity contribution in [2.75, 3.05) is 0 Å². The van der Waals surface area contributed by atoms with E-state index < -0.39 is 0 Å². The molecule has 0 N–H and O–H groups in total. The molecule has 0 amide bonds. The third-order valence-corrected chi connectivity index (χ3v) is 4.25. The Morgan fingerprint density at radius 1 is 0.643 bits per heavy atom. The second kappa shape index (κ2) is 8.07. The van der Waals surface area contributed by atoms with Crippen LogP contribution in [-0.4, -0.2) is 4.98 Å². The topological polar surface area (TPSA) is 61.4 Å². The van der Waals surface area contributed by atoms with Gasteiger partial charge < -0.3 is 0 Å². The highest BCUT2D eigenvalue weighted by molar-refractivity contribution is 5.79. The molecule has 4 rings (SSSR count). The smallest absolute Gasteiger partial charge is 0.113 e. The average Bonchev–Trinajstić information content (AvgIpc) is 2.79. The van der Waals surface area contributed by atoms with Gasteiger partial charge >= 0.3 is 0 Å². The van der Waals surface area contributed by atoms with Crippen LogP contribution in [0.4, 0.5) is 11.4 Å². The van der Waals surface area contributed by atoms with Crippen LogP contribution in [-0.2, 0) is 0 Å². The van der Waals surface area contributed by atoms with Crippen molar-refractivity contribution in [1.82, 2.24) is 4.98 Å². The zero-order valence-corrected chi connectivity index (χ0v) is 15.0. The van der Waals surface area contributed by atoms with Crippen LogP contribution in [0.25, 0.3) is 22.5 Å². The van der Waals surface area contributed by atoms with Gasteiger partial charge in [-0.3, -0.25) is 0 Å². The molecule has 0 aliphatic rings. The van der Waals surface area contributed by atoms with Gasteiger partial charge in [0.2, 0.25) is 0 Å². The van der Waals surface area contributed by atoms with Crippen LogP contribution in [0.5, 0.6) is 0 Å². The van der Waals surface area contributed by atoms with Crippen molar-refractivity contribution >= 4 is 11.4 Å². The predicted molar refractivity (Wildman–Crippen MR) is 110 cm³/mol. The molecule has 0 saturated heterocycles. The number of hydrogen-bond donors (Lipinski definition) is 0. The van der Waals surface area contributed by atoms with Gasteiger partial charge in [-0.25, -0.2) is 4.98 Å². The molecule has 1 aromatic heterocycles. The molecule has 4 nitrogen and oxygen atoms in total. The summed E-state index contributed by atoms with van der Waals surface area (Å²) in [6.07, 6.45) is 0. The van der Waals surface area contributed by atoms with Crippen LogP contribution in [0.15, 0.2) is 107 Å². The Labute approximate surface area is 163 Å². The number of aromatic nitrogens is 1. The molecule has 4 aromatic rings. The van der Waals surface area contributed by atoms with Crippen molar-refractivity contribution < 1.29 is 0 Å². The minimum atomic E-state index is 0.466. The Balaban J connectivity index is 1.90. The first kappa shape index (κ1) is 17.3. The highest BCUT2D eigenvalue weighted by atomic mass is 15.1. The fourth-order valence-electron chi connectivity index (χ4n) is 2.89. The number of pyridine rings is 1. The Morgan fingerprint density at radius 2 is 1.18 bits per heavy atom. The van der Waals surface area contributed by atoms with Crippen molar-refractivity contribution in [3.8, 4) is 28.6 Å². The Morgan fingerprint density at radius 3 is 1.75 bits per heavy atom. The molecule has 0 spiro atoms. The minimum Gasteiger partial charge on any atom is -0.244 e. The summed E-state index contributed by atoms with van der Waals surface area (Å²) in [4.78, 5) is 4.82. The summed E-state index contributed by atoms with van der Waals surface area (Å²) in [7, 11) is 0. The zero-order valence-electron chi connectivity index (χ0n) is 15.0. The molecule has 0 radical (unpaired) electrons. The van der Waals surface area contributed by atoms with E-state index >= 15 is 0 Å². The first-order valence-corrected chi connectivity index (χ1v) is 8.88. The van der Waals surface area contributed by atoms with Crippen molar-refractivity contribution in [2.24, 2.45) is 10.2 Å². The lowest BCUT2D eigenvalue weighted by molar-refractivity contribution is 1.19. The maximum Gasteiger partial charge on any atom is 0.113 e. The fraction of sp³-hybridized carbons (Fsp3) is 0. The van der Waals surface area contributed by atoms with Crippen LogP contribution < -0.4 is 0 Å². The maximum atomic E-state index is 9.69. The molecule has 0 saturated carbocycles. The number of nitriles is 1. The molecule has 28 heavy (non-hydrogen) atoms. The van der Waals surface area contributed by atoms with Crippen LogP contribution in [0.1, 0.15) is 5.56 Å². The lowest BCUT2D eigenvalue weighted by Crippen LogP contribution is -1.93. The maximum absolute atomic E-state index is 9.69. The number of nitrogens with zero attached hydrogens (tertiary/aromatic N) is 4. The second-order valence-corrected chi connectivity index (χ2v) is 6.13. The number of hydrogen-bond acceptors (Lipinski definition) is 4. The fourth-order valence-corrected chi connectivity index (χ4v) is 2.89. The summed E-state index contributed by atoms with van der Waals surface area (Å²) >= 11 is 0. The van der Waals surface area contributed by atoms with Gasteiger partial charge in [0.1, 0.15) is 11.8 Å². The number of benzene rings is 3. The summed E-state index contributed by atoms with van der Waals surface area (Å²) in [5.74, 6) is 0. The summed E-state index contributed by atoms with van der Waals surface area (Å²) in [5, 5.41) is 18.4. The van der Waals surface area contributed by atoms with Crippen LogP contribution >= 0.6 is 0 Å². The van der Waals surface area contributed by atoms with Gasteiger partial charge in [-0.2, -0.15) is 10.4 Å². The van der Waals surface area contributed by atoms with E-state index in [9.17, 15) is 5.26 Å². The Kier molecular flexibility index (Phi) is 4.99. The number of azo groups is 1. The van der Waals surface area contributed by atoms with Crippen LogP contribution in [0.3, 0.4) is 0 Å². The van der Waals surface area contributed by atoms with E-state index in [0.29, 0.717) is 22.6 Å². The van der Waals surface area contributed by atoms with Crippen molar-refractivity contribution in [1.29, 1.82) is 5.26 Å². The third kappa shape index (κ3) is 3.69. The van der Waals surface area contributed by atoms with E-state index in [-0.39, 0.29) is 0 Å². The van der Waals surface area contributed by atoms with Gasteiger partial charge in [0.15, 0.2) is 0 Å². The average molecular weight is 360 g/mol. The van der Waals surface area contributed by atoms with E-state index in [4.69, 9.17) is 4.98 Å². The monoisotopic (exact) mass is 360 g/mol. The summed E-state index contributed by atoms with van der Waals surface area (Å²) < 4.78 is 0. The molecule has 4 heteroatoms. The van der Waals surface area contributed by atoms with Gasteiger partial charge in [0, 0.05) is 11.1 Å². The SMILES string of the molecule is N#Cc1cc(N=Nc2ccccc2)c(-c2ccccc2)nc1-c1ccccc1. The molecule has 0 aliphatic heterocycles. The molecular formula is C24H16N4. The summed E-state index contributed by atoms with van der Waals surface area (Å²) in [6, 6.07) is 33.0. The molecule has 132 valence electrons. The first-order valence-electron chi connectivity index (χ1n) is 8.88. The lowest BCUT2D eigenvalue weighted by Gasteiger charge is -2.10. The molecule has 0 unspecified atom stereocenters. The van der Waals surface area contributed by atoms with E-state index in [1.807, 2.05) is 91.0 Å².